The van der Waals surface area contributed by atoms with E-state index in [0.29, 0.717) is 19.8 Å². The number of nitrogens with two attached hydrogens (primary N) is 1. The first-order valence-electron chi connectivity index (χ1n) is 2.39. The van der Waals surface area contributed by atoms with Crippen LogP contribution in [-0.2, 0) is 0 Å². The maximum absolute atomic E-state index is 11.9. The lowest BCUT2D eigenvalue weighted by molar-refractivity contribution is 0.0684. The monoisotopic (exact) mass is 104 g/mol. The molecule has 0 atom stereocenters. The van der Waals surface area contributed by atoms with Gasteiger partial charge in [-0.1, -0.05) is 0 Å². The Balaban J connectivity index is 2.06. The molecule has 1 aliphatic rings. The molecule has 0 spiro atoms. The third kappa shape index (κ3) is 0.894. The predicted octanol–water partition coefficient (Wildman–Crippen LogP) is -0.444. The molecule has 0 aromatic heterocycles. The van der Waals surface area contributed by atoms with Gasteiger partial charge in [-0.25, -0.2) is 4.39 Å². The van der Waals surface area contributed by atoms with Gasteiger partial charge in [0.15, 0.2) is 0 Å². The van der Waals surface area contributed by atoms with Gasteiger partial charge in [-0.05, 0) is 0 Å². The SMILES string of the molecule is NCN1CC(F)C1. The molecule has 0 aromatic rings. The van der Waals surface area contributed by atoms with Gasteiger partial charge < -0.3 is 5.73 Å². The molecule has 1 fully saturated rings. The average Bonchev–Trinajstić information content (AvgIpc) is 1.58. The van der Waals surface area contributed by atoms with Gasteiger partial charge in [0, 0.05) is 19.8 Å². The first-order valence-corrected chi connectivity index (χ1v) is 2.39. The second kappa shape index (κ2) is 1.76. The molecule has 0 aliphatic carbocycles. The van der Waals surface area contributed by atoms with E-state index in [4.69, 9.17) is 5.73 Å². The first kappa shape index (κ1) is 5.00. The van der Waals surface area contributed by atoms with E-state index in [1.807, 2.05) is 4.90 Å². The molecule has 1 aliphatic heterocycles. The molecule has 1 saturated heterocycles. The zero-order valence-corrected chi connectivity index (χ0v) is 4.10. The van der Waals surface area contributed by atoms with Crippen LogP contribution < -0.4 is 5.73 Å². The summed E-state index contributed by atoms with van der Waals surface area (Å²) in [7, 11) is 0. The van der Waals surface area contributed by atoms with Crippen molar-refractivity contribution >= 4 is 0 Å². The second-order valence-corrected chi connectivity index (χ2v) is 1.82. The molecule has 2 nitrogen and oxygen atoms in total. The Labute approximate surface area is 42.1 Å². The highest BCUT2D eigenvalue weighted by molar-refractivity contribution is 4.76. The largest absolute Gasteiger partial charge is 0.318 e. The van der Waals surface area contributed by atoms with Crippen molar-refractivity contribution in [1.29, 1.82) is 0 Å². The minimum Gasteiger partial charge on any atom is -0.318 e. The molecule has 0 unspecified atom stereocenters. The Kier molecular flexibility index (Phi) is 1.25. The third-order valence-electron chi connectivity index (χ3n) is 1.17. The van der Waals surface area contributed by atoms with Crippen molar-refractivity contribution in [3.8, 4) is 0 Å². The van der Waals surface area contributed by atoms with Crippen LogP contribution >= 0.6 is 0 Å². The van der Waals surface area contributed by atoms with Crippen LogP contribution in [0.1, 0.15) is 0 Å². The molecule has 42 valence electrons. The average molecular weight is 104 g/mol. The summed E-state index contributed by atoms with van der Waals surface area (Å²) in [4.78, 5) is 1.85. The van der Waals surface area contributed by atoms with Gasteiger partial charge in [0.05, 0.1) is 0 Å². The van der Waals surface area contributed by atoms with E-state index >= 15 is 0 Å². The predicted molar refractivity (Wildman–Crippen MR) is 25.5 cm³/mol. The molecule has 0 radical (unpaired) electrons. The van der Waals surface area contributed by atoms with Crippen LogP contribution in [-0.4, -0.2) is 30.8 Å². The number of hydrogen-bond acceptors (Lipinski definition) is 2. The summed E-state index contributed by atoms with van der Waals surface area (Å²) in [5.41, 5.74) is 5.16. The van der Waals surface area contributed by atoms with Crippen LogP contribution in [0.2, 0.25) is 0 Å². The van der Waals surface area contributed by atoms with Gasteiger partial charge in [0.2, 0.25) is 0 Å². The van der Waals surface area contributed by atoms with E-state index in [2.05, 4.69) is 0 Å². The van der Waals surface area contributed by atoms with E-state index in [-0.39, 0.29) is 0 Å². The van der Waals surface area contributed by atoms with Crippen molar-refractivity contribution in [2.75, 3.05) is 19.8 Å². The molecule has 0 bridgehead atoms. The summed E-state index contributed by atoms with van der Waals surface area (Å²) in [6.45, 7) is 1.58. The van der Waals surface area contributed by atoms with E-state index in [1.165, 1.54) is 0 Å². The number of alkyl halides is 1. The molecule has 2 N–H and O–H groups in total. The van der Waals surface area contributed by atoms with Gasteiger partial charge in [0.25, 0.3) is 0 Å². The lowest BCUT2D eigenvalue weighted by Crippen LogP contribution is -2.50. The Morgan fingerprint density at radius 1 is 1.71 bits per heavy atom. The number of halogens is 1. The molecule has 7 heavy (non-hydrogen) atoms. The highest BCUT2D eigenvalue weighted by atomic mass is 19.1. The van der Waals surface area contributed by atoms with Crippen LogP contribution in [0.15, 0.2) is 0 Å². The third-order valence-corrected chi connectivity index (χ3v) is 1.17. The number of hydrogen-bond donors (Lipinski definition) is 1. The highest BCUT2D eigenvalue weighted by Gasteiger charge is 2.23. The fraction of sp³-hybridized carbons (Fsp3) is 1.00. The summed E-state index contributed by atoms with van der Waals surface area (Å²) in [6, 6.07) is 0. The summed E-state index contributed by atoms with van der Waals surface area (Å²) in [5, 5.41) is 0. The zero-order chi connectivity index (χ0) is 5.28. The van der Waals surface area contributed by atoms with E-state index in [0.717, 1.165) is 0 Å². The Hall–Kier alpha value is -0.150. The number of rotatable bonds is 1. The van der Waals surface area contributed by atoms with Crippen LogP contribution in [0, 0.1) is 0 Å². The van der Waals surface area contributed by atoms with Gasteiger partial charge in [-0.3, -0.25) is 4.90 Å². The van der Waals surface area contributed by atoms with E-state index in [1.54, 1.807) is 0 Å². The molecule has 0 saturated carbocycles. The van der Waals surface area contributed by atoms with Crippen molar-refractivity contribution < 1.29 is 4.39 Å². The Bertz CT molecular complexity index is 60.7. The van der Waals surface area contributed by atoms with Gasteiger partial charge >= 0.3 is 0 Å². The molecule has 3 heteroatoms. The van der Waals surface area contributed by atoms with Crippen LogP contribution in [0.5, 0.6) is 0 Å². The Morgan fingerprint density at radius 2 is 2.29 bits per heavy atom. The molecular formula is C4H9FN2. The fourth-order valence-corrected chi connectivity index (χ4v) is 0.656. The summed E-state index contributed by atoms with van der Waals surface area (Å²) in [5.74, 6) is 0. The maximum Gasteiger partial charge on any atom is 0.125 e. The minimum atomic E-state index is -0.608. The van der Waals surface area contributed by atoms with Crippen molar-refractivity contribution in [2.45, 2.75) is 6.17 Å². The van der Waals surface area contributed by atoms with Gasteiger partial charge in [-0.2, -0.15) is 0 Å². The second-order valence-electron chi connectivity index (χ2n) is 1.82. The first-order chi connectivity index (χ1) is 3.33. The van der Waals surface area contributed by atoms with Crippen molar-refractivity contribution in [2.24, 2.45) is 5.73 Å². The van der Waals surface area contributed by atoms with Gasteiger partial charge in [-0.15, -0.1) is 0 Å². The quantitative estimate of drug-likeness (QED) is 0.488. The standard InChI is InChI=1S/C4H9FN2/c5-4-1-7(2-4)3-6/h4H,1-3,6H2. The normalized spacial score (nSPS) is 24.9. The van der Waals surface area contributed by atoms with E-state index < -0.39 is 6.17 Å². The topological polar surface area (TPSA) is 29.3 Å². The molecule has 1 heterocycles. The lowest BCUT2D eigenvalue weighted by atomic mass is 10.2. The highest BCUT2D eigenvalue weighted by Crippen LogP contribution is 2.07. The molecule has 0 aromatic carbocycles. The Morgan fingerprint density at radius 3 is 2.43 bits per heavy atom. The summed E-state index contributed by atoms with van der Waals surface area (Å²) in [6.07, 6.45) is -0.608. The number of likely N-dealkylation sites (tertiary alicyclic amines) is 1. The van der Waals surface area contributed by atoms with Crippen LogP contribution in [0.4, 0.5) is 4.39 Å². The fourth-order valence-electron chi connectivity index (χ4n) is 0.656. The number of nitrogens with zero attached hydrogens (tertiary/aromatic N) is 1. The smallest absolute Gasteiger partial charge is 0.125 e. The van der Waals surface area contributed by atoms with Gasteiger partial charge in [0.1, 0.15) is 6.17 Å². The van der Waals surface area contributed by atoms with Crippen molar-refractivity contribution in [3.63, 3.8) is 0 Å². The van der Waals surface area contributed by atoms with Crippen molar-refractivity contribution in [3.05, 3.63) is 0 Å². The molecular weight excluding hydrogens is 95.1 g/mol. The van der Waals surface area contributed by atoms with Crippen LogP contribution in [0.3, 0.4) is 0 Å². The zero-order valence-electron chi connectivity index (χ0n) is 4.10. The molecule has 0 amide bonds. The van der Waals surface area contributed by atoms with Crippen LogP contribution in [0.25, 0.3) is 0 Å². The summed E-state index contributed by atoms with van der Waals surface area (Å²) < 4.78 is 11.9. The van der Waals surface area contributed by atoms with Crippen molar-refractivity contribution in [1.82, 2.24) is 4.90 Å². The maximum atomic E-state index is 11.9. The summed E-state index contributed by atoms with van der Waals surface area (Å²) >= 11 is 0. The molecule has 1 rings (SSSR count). The lowest BCUT2D eigenvalue weighted by Gasteiger charge is -2.32. The minimum absolute atomic E-state index is 0.500. The van der Waals surface area contributed by atoms with E-state index in [9.17, 15) is 4.39 Å².